The molecule has 0 bridgehead atoms. The van der Waals surface area contributed by atoms with Crippen molar-refractivity contribution in [2.45, 2.75) is 30.6 Å². The molecule has 2 aromatic rings. The molecule has 0 aliphatic rings. The van der Waals surface area contributed by atoms with Crippen LogP contribution in [0, 0.1) is 0 Å². The van der Waals surface area contributed by atoms with Gasteiger partial charge in [-0.15, -0.1) is 0 Å². The van der Waals surface area contributed by atoms with Gasteiger partial charge in [-0.2, -0.15) is 13.2 Å². The van der Waals surface area contributed by atoms with Gasteiger partial charge in [-0.25, -0.2) is 9.11 Å². The van der Waals surface area contributed by atoms with E-state index in [0.717, 1.165) is 0 Å². The summed E-state index contributed by atoms with van der Waals surface area (Å²) in [5.74, 6) is -1.98. The molecule has 4 atom stereocenters. The Morgan fingerprint density at radius 3 is 2.34 bits per heavy atom. The van der Waals surface area contributed by atoms with Crippen molar-refractivity contribution in [2.75, 3.05) is 12.4 Å². The predicted octanol–water partition coefficient (Wildman–Crippen LogP) is 2.93. The number of halogens is 4. The Labute approximate surface area is 188 Å². The average molecular weight is 495 g/mol. The van der Waals surface area contributed by atoms with Crippen molar-refractivity contribution in [2.24, 2.45) is 0 Å². The van der Waals surface area contributed by atoms with Gasteiger partial charge in [0.25, 0.3) is 0 Å². The number of benzene rings is 1. The van der Waals surface area contributed by atoms with E-state index in [-0.39, 0.29) is 5.56 Å². The summed E-state index contributed by atoms with van der Waals surface area (Å²) in [5.41, 5.74) is -2.41. The molecule has 0 saturated carbocycles. The first kappa shape index (κ1) is 26.2. The molecule has 0 saturated heterocycles. The lowest BCUT2D eigenvalue weighted by atomic mass is 9.99. The molecule has 0 radical (unpaired) electrons. The fourth-order valence-electron chi connectivity index (χ4n) is 2.74. The molecule has 32 heavy (non-hydrogen) atoms. The zero-order valence-corrected chi connectivity index (χ0v) is 18.3. The van der Waals surface area contributed by atoms with Crippen LogP contribution in [-0.2, 0) is 16.1 Å². The number of aromatic nitrogens is 1. The Bertz CT molecular complexity index is 914. The molecular weight excluding hydrogens is 474 g/mol. The monoisotopic (exact) mass is 494 g/mol. The summed E-state index contributed by atoms with van der Waals surface area (Å²) in [6.07, 6.45) is 0.0736. The van der Waals surface area contributed by atoms with Crippen LogP contribution >= 0.6 is 11.8 Å². The number of hydrogen-bond acceptors (Lipinski definition) is 6. The lowest BCUT2D eigenvalue weighted by Gasteiger charge is -2.22. The van der Waals surface area contributed by atoms with Gasteiger partial charge in [-0.1, -0.05) is 30.3 Å². The number of alkyl halides is 4. The second-order valence-electron chi connectivity index (χ2n) is 6.68. The van der Waals surface area contributed by atoms with Crippen molar-refractivity contribution in [3.63, 3.8) is 0 Å². The van der Waals surface area contributed by atoms with Crippen LogP contribution in [0.2, 0.25) is 0 Å². The van der Waals surface area contributed by atoms with E-state index in [1.807, 2.05) is 0 Å². The molecular formula is C19H20F4N3O4S2-. The summed E-state index contributed by atoms with van der Waals surface area (Å²) < 4.78 is 73.5. The molecule has 0 aliphatic heterocycles. The summed E-state index contributed by atoms with van der Waals surface area (Å²) in [6, 6.07) is 7.71. The van der Waals surface area contributed by atoms with Crippen LogP contribution in [0.5, 0.6) is 0 Å². The van der Waals surface area contributed by atoms with Crippen LogP contribution < -0.4 is 10.0 Å². The fraction of sp³-hybridized carbons (Fsp3) is 0.368. The van der Waals surface area contributed by atoms with Crippen molar-refractivity contribution in [1.82, 2.24) is 15.0 Å². The number of rotatable bonds is 10. The molecule has 2 unspecified atom stereocenters. The van der Waals surface area contributed by atoms with Gasteiger partial charge < -0.3 is 15.0 Å². The molecule has 1 amide bonds. The van der Waals surface area contributed by atoms with Gasteiger partial charge in [-0.3, -0.25) is 14.0 Å². The molecule has 1 aromatic carbocycles. The van der Waals surface area contributed by atoms with E-state index in [1.54, 1.807) is 31.2 Å². The summed E-state index contributed by atoms with van der Waals surface area (Å²) in [4.78, 5) is 15.8. The van der Waals surface area contributed by atoms with E-state index in [0.29, 0.717) is 16.8 Å². The Kier molecular flexibility index (Phi) is 9.58. The first-order chi connectivity index (χ1) is 15.0. The Hall–Kier alpha value is -2.06. The van der Waals surface area contributed by atoms with Crippen molar-refractivity contribution in [3.05, 3.63) is 53.9 Å². The van der Waals surface area contributed by atoms with Gasteiger partial charge in [0.05, 0.1) is 23.5 Å². The van der Waals surface area contributed by atoms with E-state index in [9.17, 15) is 36.2 Å². The highest BCUT2D eigenvalue weighted by Crippen LogP contribution is 2.30. The van der Waals surface area contributed by atoms with Crippen molar-refractivity contribution in [3.8, 4) is 11.1 Å². The lowest BCUT2D eigenvalue weighted by molar-refractivity contribution is -0.120. The first-order valence-corrected chi connectivity index (χ1v) is 11.2. The largest absolute Gasteiger partial charge is 0.760 e. The van der Waals surface area contributed by atoms with E-state index < -0.39 is 65.1 Å². The van der Waals surface area contributed by atoms with Crippen molar-refractivity contribution >= 4 is 28.9 Å². The fourth-order valence-corrected chi connectivity index (χ4v) is 3.53. The molecule has 7 nitrogen and oxygen atoms in total. The van der Waals surface area contributed by atoms with E-state index in [2.05, 4.69) is 15.0 Å². The second kappa shape index (κ2) is 11.7. The smallest absolute Gasteiger partial charge is 0.442 e. The average Bonchev–Trinajstić information content (AvgIpc) is 2.75. The maximum absolute atomic E-state index is 13.3. The van der Waals surface area contributed by atoms with Crippen LogP contribution in [0.3, 0.4) is 0 Å². The highest BCUT2D eigenvalue weighted by atomic mass is 32.2. The van der Waals surface area contributed by atoms with Gasteiger partial charge in [0.15, 0.2) is 0 Å². The summed E-state index contributed by atoms with van der Waals surface area (Å²) >= 11 is -2.98. The van der Waals surface area contributed by atoms with Crippen LogP contribution in [0.15, 0.2) is 42.6 Å². The van der Waals surface area contributed by atoms with Gasteiger partial charge in [-0.05, 0) is 35.9 Å². The third kappa shape index (κ3) is 8.13. The number of carbonyl (C=O) groups is 1. The van der Waals surface area contributed by atoms with Gasteiger partial charge in [0, 0.05) is 23.0 Å². The standard InChI is InChI=1S/C19H21F4N3O4S2/c1-11(26-32(29)30)15-7-6-14(9-24-15)12-2-4-13(5-3-12)18(28)16(8-20)25-17(27)10-31-19(21,22)23/h2-7,9,11,16,18,26,28H,8,10H2,1H3,(H,25,27)(H,29,30)/p-1/t11?,16-,18+/m1/s1. The Balaban J connectivity index is 2.03. The minimum absolute atomic E-state index is 0.264. The highest BCUT2D eigenvalue weighted by Gasteiger charge is 2.30. The third-order valence-corrected chi connectivity index (χ3v) is 5.63. The van der Waals surface area contributed by atoms with Gasteiger partial charge >= 0.3 is 5.51 Å². The number of aliphatic hydroxyl groups excluding tert-OH is 1. The SMILES string of the molecule is CC(NS(=O)[O-])c1ccc(-c2ccc([C@H](O)[C@@H](CF)NC(=O)CSC(F)(F)F)cc2)cn1. The van der Waals surface area contributed by atoms with E-state index >= 15 is 0 Å². The maximum Gasteiger partial charge on any atom is 0.442 e. The van der Waals surface area contributed by atoms with Crippen molar-refractivity contribution < 1.29 is 36.2 Å². The highest BCUT2D eigenvalue weighted by molar-refractivity contribution is 8.00. The molecule has 2 rings (SSSR count). The molecule has 0 spiro atoms. The van der Waals surface area contributed by atoms with Crippen LogP contribution in [0.1, 0.15) is 30.3 Å². The van der Waals surface area contributed by atoms with Gasteiger partial charge in [0.2, 0.25) is 5.91 Å². The first-order valence-electron chi connectivity index (χ1n) is 9.16. The van der Waals surface area contributed by atoms with Crippen LogP contribution in [0.25, 0.3) is 11.1 Å². The molecule has 1 aromatic heterocycles. The van der Waals surface area contributed by atoms with Crippen LogP contribution in [0.4, 0.5) is 17.6 Å². The number of thioether (sulfide) groups is 1. The number of pyridine rings is 1. The third-order valence-electron chi connectivity index (χ3n) is 4.35. The molecule has 3 N–H and O–H groups in total. The number of carbonyl (C=O) groups excluding carboxylic acids is 1. The normalized spacial score (nSPS) is 15.6. The molecule has 176 valence electrons. The molecule has 0 fully saturated rings. The quantitative estimate of drug-likeness (QED) is 0.346. The summed E-state index contributed by atoms with van der Waals surface area (Å²) in [5, 5.41) is 12.4. The van der Waals surface area contributed by atoms with Crippen LogP contribution in [-0.4, -0.2) is 48.7 Å². The number of hydrogen-bond donors (Lipinski definition) is 3. The second-order valence-corrected chi connectivity index (χ2v) is 8.42. The minimum atomic E-state index is -4.59. The van der Waals surface area contributed by atoms with Crippen molar-refractivity contribution in [1.29, 1.82) is 0 Å². The Morgan fingerprint density at radius 2 is 1.84 bits per heavy atom. The van der Waals surface area contributed by atoms with E-state index in [1.165, 1.54) is 18.3 Å². The predicted molar refractivity (Wildman–Crippen MR) is 112 cm³/mol. The lowest BCUT2D eigenvalue weighted by Crippen LogP contribution is -2.42. The minimum Gasteiger partial charge on any atom is -0.760 e. The zero-order chi connectivity index (χ0) is 23.9. The Morgan fingerprint density at radius 1 is 1.22 bits per heavy atom. The number of nitrogens with one attached hydrogen (secondary N) is 2. The zero-order valence-electron chi connectivity index (χ0n) is 16.6. The maximum atomic E-state index is 13.3. The molecule has 0 aliphatic carbocycles. The molecule has 1 heterocycles. The summed E-state index contributed by atoms with van der Waals surface area (Å²) in [6.45, 7) is 0.465. The number of nitrogens with zero attached hydrogens (tertiary/aromatic N) is 1. The van der Waals surface area contributed by atoms with E-state index in [4.69, 9.17) is 0 Å². The topological polar surface area (TPSA) is 114 Å². The van der Waals surface area contributed by atoms with Gasteiger partial charge in [0.1, 0.15) is 12.8 Å². The number of aliphatic hydroxyl groups is 1. The summed E-state index contributed by atoms with van der Waals surface area (Å²) in [7, 11) is 0. The number of amides is 1. The molecule has 13 heteroatoms.